The minimum Gasteiger partial charge on any atom is -0.481 e. The number of urea groups is 2. The highest BCUT2D eigenvalue weighted by Crippen LogP contribution is 2.20. The molecular formula is C13H20N4O4. The number of hydrogen-bond donors (Lipinski definition) is 2. The predicted molar refractivity (Wildman–Crippen MR) is 72.8 cm³/mol. The van der Waals surface area contributed by atoms with Crippen LogP contribution in [0, 0.1) is 5.92 Å². The summed E-state index contributed by atoms with van der Waals surface area (Å²) in [7, 11) is 0. The van der Waals surface area contributed by atoms with Gasteiger partial charge in [-0.3, -0.25) is 4.79 Å². The molecule has 3 rings (SSSR count). The van der Waals surface area contributed by atoms with E-state index in [1.165, 1.54) is 0 Å². The van der Waals surface area contributed by atoms with Crippen LogP contribution in [0.4, 0.5) is 9.59 Å². The number of likely N-dealkylation sites (tertiary alicyclic amines) is 1. The molecule has 3 saturated heterocycles. The van der Waals surface area contributed by atoms with Gasteiger partial charge < -0.3 is 25.1 Å². The van der Waals surface area contributed by atoms with Crippen LogP contribution in [-0.4, -0.2) is 83.1 Å². The van der Waals surface area contributed by atoms with Gasteiger partial charge in [0.25, 0.3) is 0 Å². The molecule has 0 bridgehead atoms. The van der Waals surface area contributed by atoms with Gasteiger partial charge in [0.2, 0.25) is 0 Å². The average Bonchev–Trinajstić information content (AvgIpc) is 2.87. The molecule has 8 heteroatoms. The number of piperazine rings is 1. The lowest BCUT2D eigenvalue weighted by atomic mass is 9.98. The average molecular weight is 296 g/mol. The van der Waals surface area contributed by atoms with Crippen LogP contribution in [0.15, 0.2) is 0 Å². The predicted octanol–water partition coefficient (Wildman–Crippen LogP) is -0.388. The third-order valence-electron chi connectivity index (χ3n) is 4.54. The number of nitrogens with one attached hydrogen (secondary N) is 1. The fourth-order valence-electron chi connectivity index (χ4n) is 3.33. The number of amides is 4. The van der Waals surface area contributed by atoms with Gasteiger partial charge in [-0.15, -0.1) is 0 Å². The molecular weight excluding hydrogens is 276 g/mol. The van der Waals surface area contributed by atoms with E-state index in [4.69, 9.17) is 5.11 Å². The lowest BCUT2D eigenvalue weighted by Crippen LogP contribution is -2.58. The lowest BCUT2D eigenvalue weighted by molar-refractivity contribution is -0.143. The molecule has 0 saturated carbocycles. The third kappa shape index (κ3) is 2.62. The van der Waals surface area contributed by atoms with Crippen LogP contribution in [0.5, 0.6) is 0 Å². The quantitative estimate of drug-likeness (QED) is 0.689. The molecule has 1 unspecified atom stereocenters. The Morgan fingerprint density at radius 2 is 1.90 bits per heavy atom. The molecule has 0 aromatic rings. The minimum absolute atomic E-state index is 0.0373. The van der Waals surface area contributed by atoms with Crippen molar-refractivity contribution >= 4 is 18.0 Å². The van der Waals surface area contributed by atoms with Crippen molar-refractivity contribution in [2.75, 3.05) is 39.3 Å². The van der Waals surface area contributed by atoms with Gasteiger partial charge in [0, 0.05) is 39.3 Å². The zero-order valence-corrected chi connectivity index (χ0v) is 11.8. The van der Waals surface area contributed by atoms with Gasteiger partial charge in [0.15, 0.2) is 0 Å². The largest absolute Gasteiger partial charge is 0.481 e. The van der Waals surface area contributed by atoms with E-state index >= 15 is 0 Å². The summed E-state index contributed by atoms with van der Waals surface area (Å²) in [5.41, 5.74) is 0. The number of carboxylic acid groups (broad SMARTS) is 1. The highest BCUT2D eigenvalue weighted by molar-refractivity contribution is 5.79. The molecule has 0 radical (unpaired) electrons. The molecule has 3 fully saturated rings. The summed E-state index contributed by atoms with van der Waals surface area (Å²) < 4.78 is 0. The first-order chi connectivity index (χ1) is 10.1. The van der Waals surface area contributed by atoms with Crippen molar-refractivity contribution in [2.24, 2.45) is 5.92 Å². The molecule has 3 aliphatic rings. The standard InChI is InChI=1S/C13H20N4O4/c18-11(19)9-2-1-3-15(7-9)13(21)16-4-5-17-10(8-16)6-14-12(17)20/h9-10H,1-8H2,(H,14,20)(H,18,19)/t9-,10?/m0/s1. The molecule has 8 nitrogen and oxygen atoms in total. The number of nitrogens with zero attached hydrogens (tertiary/aromatic N) is 3. The Hall–Kier alpha value is -1.99. The molecule has 21 heavy (non-hydrogen) atoms. The van der Waals surface area contributed by atoms with Crippen molar-refractivity contribution in [2.45, 2.75) is 18.9 Å². The highest BCUT2D eigenvalue weighted by Gasteiger charge is 2.39. The summed E-state index contributed by atoms with van der Waals surface area (Å²) in [6.45, 7) is 3.04. The Labute approximate surface area is 122 Å². The van der Waals surface area contributed by atoms with Crippen molar-refractivity contribution < 1.29 is 19.5 Å². The Morgan fingerprint density at radius 1 is 1.14 bits per heavy atom. The zero-order valence-electron chi connectivity index (χ0n) is 11.8. The van der Waals surface area contributed by atoms with Gasteiger partial charge in [-0.25, -0.2) is 9.59 Å². The summed E-state index contributed by atoms with van der Waals surface area (Å²) in [6.07, 6.45) is 1.36. The van der Waals surface area contributed by atoms with E-state index < -0.39 is 11.9 Å². The SMILES string of the molecule is O=C(O)[C@H]1CCCN(C(=O)N2CCN3C(=O)NCC3C2)C1. The second-order valence-corrected chi connectivity index (χ2v) is 5.89. The molecule has 116 valence electrons. The summed E-state index contributed by atoms with van der Waals surface area (Å²) in [6, 6.07) is -0.119. The summed E-state index contributed by atoms with van der Waals surface area (Å²) in [5, 5.41) is 11.9. The molecule has 0 aliphatic carbocycles. The number of fused-ring (bicyclic) bond motifs is 1. The maximum absolute atomic E-state index is 12.5. The van der Waals surface area contributed by atoms with Crippen LogP contribution >= 0.6 is 0 Å². The Balaban J connectivity index is 1.60. The van der Waals surface area contributed by atoms with Crippen molar-refractivity contribution in [1.29, 1.82) is 0 Å². The van der Waals surface area contributed by atoms with E-state index in [1.54, 1.807) is 14.7 Å². The van der Waals surface area contributed by atoms with Gasteiger partial charge in [0.05, 0.1) is 12.0 Å². The number of hydrogen-bond acceptors (Lipinski definition) is 3. The molecule has 2 N–H and O–H groups in total. The van der Waals surface area contributed by atoms with E-state index in [2.05, 4.69) is 5.32 Å². The molecule has 0 aromatic carbocycles. The molecule has 0 aromatic heterocycles. The van der Waals surface area contributed by atoms with Crippen molar-refractivity contribution in [3.8, 4) is 0 Å². The van der Waals surface area contributed by atoms with Gasteiger partial charge in [0.1, 0.15) is 0 Å². The van der Waals surface area contributed by atoms with Gasteiger partial charge in [-0.1, -0.05) is 0 Å². The van der Waals surface area contributed by atoms with Crippen LogP contribution in [0.1, 0.15) is 12.8 Å². The molecule has 4 amide bonds. The smallest absolute Gasteiger partial charge is 0.320 e. The molecule has 2 atom stereocenters. The van der Waals surface area contributed by atoms with E-state index in [0.717, 1.165) is 6.42 Å². The van der Waals surface area contributed by atoms with Crippen molar-refractivity contribution in [1.82, 2.24) is 20.0 Å². The van der Waals surface area contributed by atoms with Crippen LogP contribution in [-0.2, 0) is 4.79 Å². The number of carbonyl (C=O) groups is 3. The fraction of sp³-hybridized carbons (Fsp3) is 0.769. The van der Waals surface area contributed by atoms with Crippen LogP contribution in [0.3, 0.4) is 0 Å². The minimum atomic E-state index is -0.831. The Kier molecular flexibility index (Phi) is 3.60. The first-order valence-corrected chi connectivity index (χ1v) is 7.37. The second-order valence-electron chi connectivity index (χ2n) is 5.89. The highest BCUT2D eigenvalue weighted by atomic mass is 16.4. The van der Waals surface area contributed by atoms with E-state index in [1.807, 2.05) is 0 Å². The molecule has 3 aliphatic heterocycles. The Morgan fingerprint density at radius 3 is 2.67 bits per heavy atom. The summed E-state index contributed by atoms with van der Waals surface area (Å²) in [4.78, 5) is 40.3. The zero-order chi connectivity index (χ0) is 15.0. The van der Waals surface area contributed by atoms with Crippen molar-refractivity contribution in [3.05, 3.63) is 0 Å². The maximum atomic E-state index is 12.5. The monoisotopic (exact) mass is 296 g/mol. The normalized spacial score (nSPS) is 29.1. The topological polar surface area (TPSA) is 93.2 Å². The number of rotatable bonds is 1. The second kappa shape index (κ2) is 5.42. The maximum Gasteiger partial charge on any atom is 0.320 e. The molecule has 3 heterocycles. The number of carboxylic acids is 1. The first-order valence-electron chi connectivity index (χ1n) is 7.37. The van der Waals surface area contributed by atoms with Gasteiger partial charge in [-0.2, -0.15) is 0 Å². The van der Waals surface area contributed by atoms with E-state index in [-0.39, 0.29) is 24.6 Å². The Bertz CT molecular complexity index is 469. The van der Waals surface area contributed by atoms with Crippen LogP contribution in [0.25, 0.3) is 0 Å². The first kappa shape index (κ1) is 14.0. The summed E-state index contributed by atoms with van der Waals surface area (Å²) in [5.74, 6) is -1.29. The van der Waals surface area contributed by atoms with Crippen molar-refractivity contribution in [3.63, 3.8) is 0 Å². The van der Waals surface area contributed by atoms with Gasteiger partial charge >= 0.3 is 18.0 Å². The van der Waals surface area contributed by atoms with E-state index in [0.29, 0.717) is 39.1 Å². The van der Waals surface area contributed by atoms with Gasteiger partial charge in [-0.05, 0) is 12.8 Å². The summed E-state index contributed by atoms with van der Waals surface area (Å²) >= 11 is 0. The number of aliphatic carboxylic acids is 1. The van der Waals surface area contributed by atoms with Crippen LogP contribution < -0.4 is 5.32 Å². The fourth-order valence-corrected chi connectivity index (χ4v) is 3.33. The number of carbonyl (C=O) groups excluding carboxylic acids is 2. The van der Waals surface area contributed by atoms with Crippen LogP contribution in [0.2, 0.25) is 0 Å². The van der Waals surface area contributed by atoms with E-state index in [9.17, 15) is 14.4 Å². The molecule has 0 spiro atoms. The number of piperidine rings is 1. The lowest BCUT2D eigenvalue weighted by Gasteiger charge is -2.40. The third-order valence-corrected chi connectivity index (χ3v) is 4.54.